The van der Waals surface area contributed by atoms with Crippen molar-refractivity contribution in [2.45, 2.75) is 6.17 Å². The van der Waals surface area contributed by atoms with Crippen LogP contribution in [-0.4, -0.2) is 16.2 Å². The van der Waals surface area contributed by atoms with Gasteiger partial charge >= 0.3 is 0 Å². The number of para-hydroxylation sites is 1. The van der Waals surface area contributed by atoms with Crippen molar-refractivity contribution < 1.29 is 14.4 Å². The van der Waals surface area contributed by atoms with Crippen LogP contribution in [0.5, 0.6) is 0 Å². The highest BCUT2D eigenvalue weighted by atomic mass is 19.1. The minimum absolute atomic E-state index is 0.216. The van der Waals surface area contributed by atoms with Gasteiger partial charge in [0, 0.05) is 11.3 Å². The van der Waals surface area contributed by atoms with Gasteiger partial charge in [0.25, 0.3) is 5.91 Å². The lowest BCUT2D eigenvalue weighted by Gasteiger charge is -2.33. The highest BCUT2D eigenvalue weighted by Gasteiger charge is 2.33. The maximum atomic E-state index is 13.8. The fraction of sp³-hybridized carbons (Fsp3) is 0.0714. The molecule has 0 aliphatic carbocycles. The molecule has 0 saturated carbocycles. The average Bonchev–Trinajstić information content (AvgIpc) is 2.44. The first-order valence-electron chi connectivity index (χ1n) is 5.81. The fourth-order valence-electron chi connectivity index (χ4n) is 2.15. The molecule has 1 heterocycles. The van der Waals surface area contributed by atoms with Gasteiger partial charge in [-0.05, 0) is 18.2 Å². The first-order valence-corrected chi connectivity index (χ1v) is 5.81. The van der Waals surface area contributed by atoms with Crippen molar-refractivity contribution in [3.63, 3.8) is 0 Å². The van der Waals surface area contributed by atoms with Crippen molar-refractivity contribution in [3.8, 4) is 0 Å². The Morgan fingerprint density at radius 2 is 1.79 bits per heavy atom. The predicted molar refractivity (Wildman–Crippen MR) is 67.2 cm³/mol. The van der Waals surface area contributed by atoms with E-state index in [4.69, 9.17) is 0 Å². The van der Waals surface area contributed by atoms with Crippen LogP contribution in [0.4, 0.5) is 10.1 Å². The van der Waals surface area contributed by atoms with Crippen molar-refractivity contribution in [1.82, 2.24) is 5.06 Å². The number of hydroxylamine groups is 2. The van der Waals surface area contributed by atoms with Crippen LogP contribution in [0.25, 0.3) is 0 Å². The number of rotatable bonds is 1. The molecule has 2 aromatic carbocycles. The zero-order valence-corrected chi connectivity index (χ0v) is 9.88. The zero-order valence-electron chi connectivity index (χ0n) is 9.88. The van der Waals surface area contributed by atoms with Gasteiger partial charge in [0.15, 0.2) is 6.17 Å². The number of carbonyl (C=O) groups excluding carboxylic acids is 1. The monoisotopic (exact) mass is 258 g/mol. The summed E-state index contributed by atoms with van der Waals surface area (Å²) in [5, 5.41) is 13.4. The van der Waals surface area contributed by atoms with E-state index >= 15 is 0 Å². The molecule has 0 unspecified atom stereocenters. The molecule has 5 heteroatoms. The molecule has 0 spiro atoms. The topological polar surface area (TPSA) is 52.6 Å². The molecule has 1 aliphatic rings. The summed E-state index contributed by atoms with van der Waals surface area (Å²) in [6.45, 7) is 0. The molecule has 96 valence electrons. The molecule has 0 fully saturated rings. The van der Waals surface area contributed by atoms with E-state index in [0.717, 1.165) is 0 Å². The normalized spacial score (nSPS) is 17.9. The van der Waals surface area contributed by atoms with E-state index < -0.39 is 17.9 Å². The number of halogens is 1. The molecule has 3 rings (SSSR count). The van der Waals surface area contributed by atoms with Crippen molar-refractivity contribution in [2.75, 3.05) is 5.32 Å². The van der Waals surface area contributed by atoms with E-state index in [-0.39, 0.29) is 5.56 Å². The Labute approximate surface area is 109 Å². The third-order valence-electron chi connectivity index (χ3n) is 3.10. The second-order valence-corrected chi connectivity index (χ2v) is 4.26. The second kappa shape index (κ2) is 4.37. The van der Waals surface area contributed by atoms with Crippen LogP contribution in [0.2, 0.25) is 0 Å². The summed E-state index contributed by atoms with van der Waals surface area (Å²) in [6, 6.07) is 12.8. The first-order chi connectivity index (χ1) is 9.18. The van der Waals surface area contributed by atoms with Crippen LogP contribution in [0.15, 0.2) is 48.5 Å². The Hall–Kier alpha value is -2.40. The lowest BCUT2D eigenvalue weighted by molar-refractivity contribution is -0.0858. The molecule has 0 radical (unpaired) electrons. The molecule has 1 aliphatic heterocycles. The molecule has 19 heavy (non-hydrogen) atoms. The number of nitrogens with one attached hydrogen (secondary N) is 1. The number of fused-ring (bicyclic) bond motifs is 1. The van der Waals surface area contributed by atoms with Crippen LogP contribution in [0.1, 0.15) is 22.1 Å². The molecule has 1 atom stereocenters. The van der Waals surface area contributed by atoms with E-state index in [1.54, 1.807) is 36.4 Å². The minimum Gasteiger partial charge on any atom is -0.359 e. The van der Waals surface area contributed by atoms with Gasteiger partial charge in [0.05, 0.1) is 5.56 Å². The summed E-state index contributed by atoms with van der Waals surface area (Å²) in [5.74, 6) is -1.03. The molecule has 0 aromatic heterocycles. The minimum atomic E-state index is -0.927. The number of anilines is 1. The summed E-state index contributed by atoms with van der Waals surface area (Å²) in [5.41, 5.74) is 1.15. The lowest BCUT2D eigenvalue weighted by Crippen LogP contribution is -2.41. The van der Waals surface area contributed by atoms with E-state index in [2.05, 4.69) is 5.32 Å². The van der Waals surface area contributed by atoms with Crippen molar-refractivity contribution in [1.29, 1.82) is 0 Å². The van der Waals surface area contributed by atoms with E-state index in [9.17, 15) is 14.4 Å². The molecule has 2 aromatic rings. The summed E-state index contributed by atoms with van der Waals surface area (Å²) in [4.78, 5) is 12.0. The quantitative estimate of drug-likeness (QED) is 0.773. The van der Waals surface area contributed by atoms with Crippen molar-refractivity contribution >= 4 is 11.6 Å². The van der Waals surface area contributed by atoms with Gasteiger partial charge in [0.2, 0.25) is 0 Å². The van der Waals surface area contributed by atoms with Gasteiger partial charge in [-0.15, -0.1) is 0 Å². The van der Waals surface area contributed by atoms with Crippen LogP contribution >= 0.6 is 0 Å². The Morgan fingerprint density at radius 1 is 1.11 bits per heavy atom. The Bertz CT molecular complexity index is 645. The summed E-state index contributed by atoms with van der Waals surface area (Å²) in [7, 11) is 0. The van der Waals surface area contributed by atoms with Crippen molar-refractivity contribution in [2.24, 2.45) is 0 Å². The lowest BCUT2D eigenvalue weighted by atomic mass is 10.1. The van der Waals surface area contributed by atoms with E-state index in [1.165, 1.54) is 12.1 Å². The third-order valence-corrected chi connectivity index (χ3v) is 3.10. The highest BCUT2D eigenvalue weighted by Crippen LogP contribution is 2.32. The van der Waals surface area contributed by atoms with Crippen LogP contribution in [0.3, 0.4) is 0 Å². The Balaban J connectivity index is 2.07. The number of hydrogen-bond donors (Lipinski definition) is 2. The molecular formula is C14H11FN2O2. The Morgan fingerprint density at radius 3 is 2.58 bits per heavy atom. The maximum absolute atomic E-state index is 13.8. The largest absolute Gasteiger partial charge is 0.359 e. The molecule has 0 bridgehead atoms. The highest BCUT2D eigenvalue weighted by molar-refractivity contribution is 6.00. The number of amides is 1. The third kappa shape index (κ3) is 1.84. The number of nitrogens with zero attached hydrogens (tertiary/aromatic N) is 1. The van der Waals surface area contributed by atoms with Gasteiger partial charge in [0.1, 0.15) is 5.82 Å². The molecule has 4 nitrogen and oxygen atoms in total. The summed E-state index contributed by atoms with van der Waals surface area (Å²) >= 11 is 0. The van der Waals surface area contributed by atoms with Gasteiger partial charge < -0.3 is 5.32 Å². The predicted octanol–water partition coefficient (Wildman–Crippen LogP) is 2.78. The summed E-state index contributed by atoms with van der Waals surface area (Å²) < 4.78 is 13.8. The van der Waals surface area contributed by atoms with Gasteiger partial charge in [-0.2, -0.15) is 5.06 Å². The number of benzene rings is 2. The maximum Gasteiger partial charge on any atom is 0.281 e. The molecule has 1 amide bonds. The van der Waals surface area contributed by atoms with Gasteiger partial charge in [-0.1, -0.05) is 30.3 Å². The SMILES string of the molecule is O=C1c2ccccc2N[C@@H](c2ccccc2F)N1O. The summed E-state index contributed by atoms with van der Waals surface area (Å²) in [6.07, 6.45) is -0.927. The average molecular weight is 258 g/mol. The van der Waals surface area contributed by atoms with E-state index in [0.29, 0.717) is 16.3 Å². The smallest absolute Gasteiger partial charge is 0.281 e. The molecule has 2 N–H and O–H groups in total. The van der Waals surface area contributed by atoms with Crippen molar-refractivity contribution in [3.05, 3.63) is 65.5 Å². The van der Waals surface area contributed by atoms with Crippen LogP contribution < -0.4 is 5.32 Å². The van der Waals surface area contributed by atoms with Gasteiger partial charge in [-0.25, -0.2) is 4.39 Å². The first kappa shape index (κ1) is 11.7. The standard InChI is InChI=1S/C14H11FN2O2/c15-11-7-3-1-5-9(11)13-16-12-8-4-2-6-10(12)14(18)17(13)19/h1-8,13,16,19H/t13-/m1/s1. The Kier molecular flexibility index (Phi) is 2.68. The van der Waals surface area contributed by atoms with Crippen LogP contribution in [0, 0.1) is 5.82 Å². The van der Waals surface area contributed by atoms with Gasteiger partial charge in [-0.3, -0.25) is 10.0 Å². The number of hydrogen-bond acceptors (Lipinski definition) is 3. The zero-order chi connectivity index (χ0) is 13.4. The van der Waals surface area contributed by atoms with E-state index in [1.807, 2.05) is 0 Å². The molecular weight excluding hydrogens is 247 g/mol. The fourth-order valence-corrected chi connectivity index (χ4v) is 2.15. The number of carbonyl (C=O) groups is 1. The second-order valence-electron chi connectivity index (χ2n) is 4.26. The van der Waals surface area contributed by atoms with Crippen LogP contribution in [-0.2, 0) is 0 Å². The molecule has 0 saturated heterocycles.